The van der Waals surface area contributed by atoms with Crippen molar-refractivity contribution in [1.82, 2.24) is 4.98 Å². The third-order valence-corrected chi connectivity index (χ3v) is 5.82. The molecule has 0 radical (unpaired) electrons. The monoisotopic (exact) mass is 470 g/mol. The number of ether oxygens (including phenoxy) is 3. The molecule has 0 atom stereocenters. The lowest BCUT2D eigenvalue weighted by molar-refractivity contribution is -0.131. The van der Waals surface area contributed by atoms with E-state index in [-0.39, 0.29) is 22.2 Å². The van der Waals surface area contributed by atoms with Crippen molar-refractivity contribution in [1.29, 1.82) is 0 Å². The molecule has 0 aliphatic heterocycles. The van der Waals surface area contributed by atoms with E-state index in [0.29, 0.717) is 17.1 Å². The van der Waals surface area contributed by atoms with Crippen molar-refractivity contribution in [3.05, 3.63) is 71.9 Å². The molecule has 0 fully saturated rings. The minimum absolute atomic E-state index is 0.106. The number of pyridine rings is 1. The summed E-state index contributed by atoms with van der Waals surface area (Å²) < 4.78 is 44.5. The van der Waals surface area contributed by atoms with E-state index in [4.69, 9.17) is 19.3 Å². The third-order valence-electron chi connectivity index (χ3n) is 4.42. The molecule has 0 unspecified atom stereocenters. The van der Waals surface area contributed by atoms with Gasteiger partial charge in [0.1, 0.15) is 10.6 Å². The first kappa shape index (κ1) is 23.6. The molecular weight excluding hydrogens is 448 g/mol. The topological polar surface area (TPSA) is 124 Å². The van der Waals surface area contributed by atoms with Crippen LogP contribution in [0.15, 0.2) is 65.7 Å². The van der Waals surface area contributed by atoms with Gasteiger partial charge < -0.3 is 19.3 Å². The first-order valence-corrected chi connectivity index (χ1v) is 11.1. The van der Waals surface area contributed by atoms with E-state index in [1.165, 1.54) is 50.8 Å². The lowest BCUT2D eigenvalue weighted by Crippen LogP contribution is -2.14. The molecule has 0 bridgehead atoms. The van der Waals surface area contributed by atoms with Gasteiger partial charge in [-0.2, -0.15) is 0 Å². The fourth-order valence-electron chi connectivity index (χ4n) is 2.86. The molecule has 2 N–H and O–H groups in total. The van der Waals surface area contributed by atoms with E-state index in [1.54, 1.807) is 12.1 Å². The Hall–Kier alpha value is -4.05. The van der Waals surface area contributed by atoms with Crippen LogP contribution in [0.1, 0.15) is 11.1 Å². The Kier molecular flexibility index (Phi) is 7.19. The molecular formula is C23H22N2O7S. The summed E-state index contributed by atoms with van der Waals surface area (Å²) in [5.41, 5.74) is 1.59. The number of methoxy groups -OCH3 is 2. The standard InChI is InChI=1S/C23H22N2O7S/c1-15-4-8-18(20(12-15)31-3)32-22-10-7-17(14-24-22)25-33(28,29)21-13-16(6-11-23(26)27)5-9-19(21)30-2/h4-14,25H,1-3H3,(H,26,27). The lowest BCUT2D eigenvalue weighted by atomic mass is 10.2. The number of carboxylic acids is 1. The second-order valence-corrected chi connectivity index (χ2v) is 8.48. The summed E-state index contributed by atoms with van der Waals surface area (Å²) in [6, 6.07) is 12.8. The van der Waals surface area contributed by atoms with E-state index < -0.39 is 16.0 Å². The quantitative estimate of drug-likeness (QED) is 0.448. The van der Waals surface area contributed by atoms with Gasteiger partial charge in [0.15, 0.2) is 11.5 Å². The number of carbonyl (C=O) groups is 1. The molecule has 33 heavy (non-hydrogen) atoms. The number of aliphatic carboxylic acids is 1. The van der Waals surface area contributed by atoms with E-state index in [1.807, 2.05) is 19.1 Å². The Labute approximate surface area is 191 Å². The van der Waals surface area contributed by atoms with Crippen LogP contribution >= 0.6 is 0 Å². The van der Waals surface area contributed by atoms with Crippen molar-refractivity contribution in [3.8, 4) is 23.1 Å². The van der Waals surface area contributed by atoms with Gasteiger partial charge in [-0.25, -0.2) is 18.2 Å². The van der Waals surface area contributed by atoms with Crippen LogP contribution in [0.5, 0.6) is 23.1 Å². The highest BCUT2D eigenvalue weighted by molar-refractivity contribution is 7.92. The van der Waals surface area contributed by atoms with Crippen LogP contribution in [0, 0.1) is 6.92 Å². The minimum atomic E-state index is -4.06. The number of benzene rings is 2. The maximum atomic E-state index is 13.0. The average Bonchev–Trinajstić information content (AvgIpc) is 2.79. The van der Waals surface area contributed by atoms with Crippen LogP contribution in [0.4, 0.5) is 5.69 Å². The van der Waals surface area contributed by atoms with Crippen molar-refractivity contribution < 1.29 is 32.5 Å². The van der Waals surface area contributed by atoms with Gasteiger partial charge in [0, 0.05) is 12.1 Å². The zero-order valence-corrected chi connectivity index (χ0v) is 18.9. The van der Waals surface area contributed by atoms with Gasteiger partial charge in [-0.3, -0.25) is 4.72 Å². The van der Waals surface area contributed by atoms with E-state index in [0.717, 1.165) is 11.6 Å². The van der Waals surface area contributed by atoms with Gasteiger partial charge >= 0.3 is 5.97 Å². The number of hydrogen-bond acceptors (Lipinski definition) is 7. The highest BCUT2D eigenvalue weighted by Gasteiger charge is 2.20. The third kappa shape index (κ3) is 6.01. The molecule has 0 saturated carbocycles. The van der Waals surface area contributed by atoms with Crippen LogP contribution in [-0.4, -0.2) is 38.7 Å². The summed E-state index contributed by atoms with van der Waals surface area (Å²) in [5.74, 6) is 0.225. The normalized spacial score (nSPS) is 11.2. The molecule has 3 rings (SSSR count). The fourth-order valence-corrected chi connectivity index (χ4v) is 4.11. The fraction of sp³-hybridized carbons (Fsp3) is 0.130. The largest absolute Gasteiger partial charge is 0.495 e. The summed E-state index contributed by atoms with van der Waals surface area (Å²) >= 11 is 0. The van der Waals surface area contributed by atoms with E-state index in [2.05, 4.69) is 9.71 Å². The van der Waals surface area contributed by atoms with Crippen molar-refractivity contribution in [2.45, 2.75) is 11.8 Å². The van der Waals surface area contributed by atoms with E-state index >= 15 is 0 Å². The number of nitrogens with one attached hydrogen (secondary N) is 1. The van der Waals surface area contributed by atoms with Gasteiger partial charge in [0.25, 0.3) is 10.0 Å². The van der Waals surface area contributed by atoms with Gasteiger partial charge in [0.2, 0.25) is 5.88 Å². The number of carboxylic acid groups (broad SMARTS) is 1. The molecule has 2 aromatic carbocycles. The number of anilines is 1. The average molecular weight is 471 g/mol. The summed E-state index contributed by atoms with van der Waals surface area (Å²) in [6.07, 6.45) is 3.51. The zero-order chi connectivity index (χ0) is 24.0. The predicted molar refractivity (Wildman–Crippen MR) is 123 cm³/mol. The smallest absolute Gasteiger partial charge is 0.328 e. The van der Waals surface area contributed by atoms with Gasteiger partial charge in [-0.1, -0.05) is 12.1 Å². The maximum Gasteiger partial charge on any atom is 0.328 e. The Morgan fingerprint density at radius 1 is 1.00 bits per heavy atom. The first-order valence-electron chi connectivity index (χ1n) is 9.62. The van der Waals surface area contributed by atoms with Gasteiger partial charge in [-0.05, 0) is 54.5 Å². The predicted octanol–water partition coefficient (Wildman–Crippen LogP) is 4.10. The highest BCUT2D eigenvalue weighted by Crippen LogP contribution is 2.32. The van der Waals surface area contributed by atoms with Crippen LogP contribution in [0.3, 0.4) is 0 Å². The van der Waals surface area contributed by atoms with Crippen molar-refractivity contribution in [2.24, 2.45) is 0 Å². The molecule has 1 heterocycles. The number of rotatable bonds is 9. The van der Waals surface area contributed by atoms with Crippen molar-refractivity contribution in [3.63, 3.8) is 0 Å². The Balaban J connectivity index is 1.82. The van der Waals surface area contributed by atoms with Crippen LogP contribution in [0.2, 0.25) is 0 Å². The van der Waals surface area contributed by atoms with Gasteiger partial charge in [0.05, 0.1) is 26.1 Å². The molecule has 172 valence electrons. The van der Waals surface area contributed by atoms with Crippen molar-refractivity contribution in [2.75, 3.05) is 18.9 Å². The van der Waals surface area contributed by atoms with Gasteiger partial charge in [-0.15, -0.1) is 0 Å². The second kappa shape index (κ2) is 10.0. The second-order valence-electron chi connectivity index (χ2n) is 6.83. The highest BCUT2D eigenvalue weighted by atomic mass is 32.2. The Morgan fingerprint density at radius 3 is 2.36 bits per heavy atom. The Bertz CT molecular complexity index is 1290. The van der Waals surface area contributed by atoms with Crippen LogP contribution in [0.25, 0.3) is 6.08 Å². The molecule has 9 nitrogen and oxygen atoms in total. The Morgan fingerprint density at radius 2 is 1.73 bits per heavy atom. The maximum absolute atomic E-state index is 13.0. The number of aromatic nitrogens is 1. The molecule has 3 aromatic rings. The lowest BCUT2D eigenvalue weighted by Gasteiger charge is -2.13. The molecule has 0 aliphatic carbocycles. The van der Waals surface area contributed by atoms with Crippen LogP contribution < -0.4 is 18.9 Å². The van der Waals surface area contributed by atoms with Crippen molar-refractivity contribution >= 4 is 27.8 Å². The van der Waals surface area contributed by atoms with E-state index in [9.17, 15) is 13.2 Å². The first-order chi connectivity index (χ1) is 15.7. The molecule has 0 spiro atoms. The summed E-state index contributed by atoms with van der Waals surface area (Å²) in [4.78, 5) is 14.7. The molecule has 0 aliphatic rings. The molecule has 10 heteroatoms. The molecule has 0 amide bonds. The summed E-state index contributed by atoms with van der Waals surface area (Å²) in [5, 5.41) is 8.79. The summed E-state index contributed by atoms with van der Waals surface area (Å²) in [6.45, 7) is 1.93. The zero-order valence-electron chi connectivity index (χ0n) is 18.1. The molecule has 1 aromatic heterocycles. The number of sulfonamides is 1. The number of hydrogen-bond donors (Lipinski definition) is 2. The number of nitrogens with zero attached hydrogens (tertiary/aromatic N) is 1. The molecule has 0 saturated heterocycles. The van der Waals surface area contributed by atoms with Crippen LogP contribution in [-0.2, 0) is 14.8 Å². The minimum Gasteiger partial charge on any atom is -0.495 e. The summed E-state index contributed by atoms with van der Waals surface area (Å²) in [7, 11) is -1.18. The number of aryl methyl sites for hydroxylation is 1. The SMILES string of the molecule is COc1cc(C)ccc1Oc1ccc(NS(=O)(=O)c2cc(C=CC(=O)O)ccc2OC)cn1.